The molecule has 21 heavy (non-hydrogen) atoms. The molecule has 3 rings (SSSR count). The fraction of sp³-hybridized carbons (Fsp3) is 0.333. The highest BCUT2D eigenvalue weighted by atomic mass is 16.5. The minimum atomic E-state index is 0.216. The van der Waals surface area contributed by atoms with Gasteiger partial charge in [0.05, 0.1) is 7.11 Å². The van der Waals surface area contributed by atoms with Crippen LogP contribution in [0, 0.1) is 0 Å². The molecule has 2 aromatic rings. The van der Waals surface area contributed by atoms with Gasteiger partial charge in [0.1, 0.15) is 0 Å². The van der Waals surface area contributed by atoms with Crippen molar-refractivity contribution in [2.45, 2.75) is 18.9 Å². The second kappa shape index (κ2) is 6.19. The lowest BCUT2D eigenvalue weighted by Crippen LogP contribution is -2.19. The number of nitrogens with zero attached hydrogens (tertiary/aromatic N) is 1. The Morgan fingerprint density at radius 3 is 2.71 bits per heavy atom. The van der Waals surface area contributed by atoms with E-state index >= 15 is 0 Å². The number of phenolic OH excluding ortho intramolecular Hbond substituents is 1. The topological polar surface area (TPSA) is 32.7 Å². The highest BCUT2D eigenvalue weighted by Crippen LogP contribution is 2.30. The van der Waals surface area contributed by atoms with Crippen LogP contribution < -0.4 is 4.74 Å². The first kappa shape index (κ1) is 14.0. The maximum atomic E-state index is 9.85. The van der Waals surface area contributed by atoms with Gasteiger partial charge in [-0.05, 0) is 42.1 Å². The minimum absolute atomic E-state index is 0.216. The third kappa shape index (κ3) is 3.19. The molecule has 3 nitrogen and oxygen atoms in total. The molecule has 110 valence electrons. The van der Waals surface area contributed by atoms with E-state index in [1.54, 1.807) is 13.2 Å². The number of methoxy groups -OCH3 is 1. The first-order chi connectivity index (χ1) is 10.3. The predicted octanol–water partition coefficient (Wildman–Crippen LogP) is 3.39. The van der Waals surface area contributed by atoms with Crippen LogP contribution in [0.25, 0.3) is 0 Å². The van der Waals surface area contributed by atoms with Crippen LogP contribution >= 0.6 is 0 Å². The Kier molecular flexibility index (Phi) is 4.11. The molecule has 1 aliphatic rings. The van der Waals surface area contributed by atoms with Gasteiger partial charge in [-0.2, -0.15) is 0 Å². The Balaban J connectivity index is 1.63. The smallest absolute Gasteiger partial charge is 0.160 e. The van der Waals surface area contributed by atoms with Crippen LogP contribution in [0.3, 0.4) is 0 Å². The van der Waals surface area contributed by atoms with Crippen molar-refractivity contribution in [1.82, 2.24) is 4.90 Å². The lowest BCUT2D eigenvalue weighted by atomic mass is 9.99. The van der Waals surface area contributed by atoms with Gasteiger partial charge in [0.2, 0.25) is 0 Å². The molecule has 1 saturated heterocycles. The standard InChI is InChI=1S/C18H21NO2/c1-21-18-8-7-14(11-17(18)20)12-19-10-9-16(13-19)15-5-3-2-4-6-15/h2-8,11,16,20H,9-10,12-13H2,1H3. The van der Waals surface area contributed by atoms with Gasteiger partial charge in [-0.15, -0.1) is 0 Å². The average molecular weight is 283 g/mol. The molecule has 0 aromatic heterocycles. The number of benzene rings is 2. The van der Waals surface area contributed by atoms with Gasteiger partial charge in [0, 0.05) is 13.1 Å². The van der Waals surface area contributed by atoms with Gasteiger partial charge in [0.25, 0.3) is 0 Å². The van der Waals surface area contributed by atoms with Crippen LogP contribution in [-0.2, 0) is 6.54 Å². The molecule has 3 heteroatoms. The Hall–Kier alpha value is -2.00. The molecule has 0 amide bonds. The van der Waals surface area contributed by atoms with Crippen LogP contribution in [-0.4, -0.2) is 30.2 Å². The minimum Gasteiger partial charge on any atom is -0.504 e. The summed E-state index contributed by atoms with van der Waals surface area (Å²) in [6, 6.07) is 16.4. The summed E-state index contributed by atoms with van der Waals surface area (Å²) in [6.45, 7) is 3.06. The SMILES string of the molecule is COc1ccc(CN2CCC(c3ccccc3)C2)cc1O. The van der Waals surface area contributed by atoms with Crippen molar-refractivity contribution in [1.29, 1.82) is 0 Å². The van der Waals surface area contributed by atoms with Gasteiger partial charge >= 0.3 is 0 Å². The fourth-order valence-electron chi connectivity index (χ4n) is 3.07. The molecule has 0 saturated carbocycles. The Labute approximate surface area is 125 Å². The summed E-state index contributed by atoms with van der Waals surface area (Å²) in [5, 5.41) is 9.85. The summed E-state index contributed by atoms with van der Waals surface area (Å²) in [5.41, 5.74) is 2.56. The molecular formula is C18H21NO2. The number of rotatable bonds is 4. The lowest BCUT2D eigenvalue weighted by Gasteiger charge is -2.17. The van der Waals surface area contributed by atoms with Crippen molar-refractivity contribution in [2.24, 2.45) is 0 Å². The third-order valence-electron chi connectivity index (χ3n) is 4.19. The highest BCUT2D eigenvalue weighted by molar-refractivity contribution is 5.41. The van der Waals surface area contributed by atoms with Gasteiger partial charge < -0.3 is 9.84 Å². The predicted molar refractivity (Wildman–Crippen MR) is 83.7 cm³/mol. The van der Waals surface area contributed by atoms with Crippen LogP contribution in [0.15, 0.2) is 48.5 Å². The second-order valence-electron chi connectivity index (χ2n) is 5.64. The van der Waals surface area contributed by atoms with Crippen molar-refractivity contribution in [3.63, 3.8) is 0 Å². The summed E-state index contributed by atoms with van der Waals surface area (Å²) < 4.78 is 5.08. The number of likely N-dealkylation sites (tertiary alicyclic amines) is 1. The largest absolute Gasteiger partial charge is 0.504 e. The first-order valence-electron chi connectivity index (χ1n) is 7.39. The molecule has 1 N–H and O–H groups in total. The van der Waals surface area contributed by atoms with Crippen molar-refractivity contribution < 1.29 is 9.84 Å². The van der Waals surface area contributed by atoms with E-state index in [2.05, 4.69) is 35.2 Å². The van der Waals surface area contributed by atoms with Crippen LogP contribution in [0.2, 0.25) is 0 Å². The summed E-state index contributed by atoms with van der Waals surface area (Å²) in [7, 11) is 1.57. The molecule has 1 aliphatic heterocycles. The molecule has 0 aliphatic carbocycles. The zero-order valence-electron chi connectivity index (χ0n) is 12.3. The number of hydrogen-bond donors (Lipinski definition) is 1. The lowest BCUT2D eigenvalue weighted by molar-refractivity contribution is 0.325. The Bertz CT molecular complexity index is 597. The van der Waals surface area contributed by atoms with Gasteiger partial charge in [-0.1, -0.05) is 36.4 Å². The second-order valence-corrected chi connectivity index (χ2v) is 5.64. The quantitative estimate of drug-likeness (QED) is 0.933. The van der Waals surface area contributed by atoms with Crippen molar-refractivity contribution in [2.75, 3.05) is 20.2 Å². The molecule has 2 aromatic carbocycles. The molecule has 1 fully saturated rings. The molecule has 0 spiro atoms. The van der Waals surface area contributed by atoms with E-state index in [1.807, 2.05) is 12.1 Å². The van der Waals surface area contributed by atoms with E-state index in [0.29, 0.717) is 11.7 Å². The molecule has 1 unspecified atom stereocenters. The average Bonchev–Trinajstić information content (AvgIpc) is 2.97. The monoisotopic (exact) mass is 283 g/mol. The maximum absolute atomic E-state index is 9.85. The van der Waals surface area contributed by atoms with Crippen molar-refractivity contribution in [3.05, 3.63) is 59.7 Å². The fourth-order valence-corrected chi connectivity index (χ4v) is 3.07. The van der Waals surface area contributed by atoms with Gasteiger partial charge in [0.15, 0.2) is 11.5 Å². The van der Waals surface area contributed by atoms with Crippen LogP contribution in [0.1, 0.15) is 23.5 Å². The van der Waals surface area contributed by atoms with Crippen molar-refractivity contribution in [3.8, 4) is 11.5 Å². The molecule has 0 bridgehead atoms. The summed E-state index contributed by atoms with van der Waals surface area (Å²) >= 11 is 0. The molecule has 1 heterocycles. The zero-order chi connectivity index (χ0) is 14.7. The summed E-state index contributed by atoms with van der Waals surface area (Å²) in [5.74, 6) is 1.37. The van der Waals surface area contributed by atoms with E-state index in [1.165, 1.54) is 12.0 Å². The maximum Gasteiger partial charge on any atom is 0.160 e. The Morgan fingerprint density at radius 2 is 2.00 bits per heavy atom. The zero-order valence-corrected chi connectivity index (χ0v) is 12.3. The van der Waals surface area contributed by atoms with E-state index in [9.17, 15) is 5.11 Å². The van der Waals surface area contributed by atoms with E-state index in [-0.39, 0.29) is 5.75 Å². The summed E-state index contributed by atoms with van der Waals surface area (Å²) in [6.07, 6.45) is 1.20. The van der Waals surface area contributed by atoms with E-state index in [4.69, 9.17) is 4.74 Å². The van der Waals surface area contributed by atoms with E-state index in [0.717, 1.165) is 25.2 Å². The van der Waals surface area contributed by atoms with Crippen molar-refractivity contribution >= 4 is 0 Å². The number of ether oxygens (including phenoxy) is 1. The molecule has 0 radical (unpaired) electrons. The summed E-state index contributed by atoms with van der Waals surface area (Å²) in [4.78, 5) is 2.44. The van der Waals surface area contributed by atoms with Crippen LogP contribution in [0.5, 0.6) is 11.5 Å². The third-order valence-corrected chi connectivity index (χ3v) is 4.19. The normalized spacial score (nSPS) is 18.8. The van der Waals surface area contributed by atoms with E-state index < -0.39 is 0 Å². The van der Waals surface area contributed by atoms with Gasteiger partial charge in [-0.3, -0.25) is 4.90 Å². The van der Waals surface area contributed by atoms with Crippen LogP contribution in [0.4, 0.5) is 0 Å². The highest BCUT2D eigenvalue weighted by Gasteiger charge is 2.23. The number of phenols is 1. The van der Waals surface area contributed by atoms with Gasteiger partial charge in [-0.25, -0.2) is 0 Å². The Morgan fingerprint density at radius 1 is 1.19 bits per heavy atom. The molecule has 1 atom stereocenters. The molecular weight excluding hydrogens is 262 g/mol. The number of hydrogen-bond acceptors (Lipinski definition) is 3. The number of aromatic hydroxyl groups is 1. The first-order valence-corrected chi connectivity index (χ1v) is 7.39.